The standard InChI is InChI=1S/C34H41N3O5/c1-34(2,3)42-33(40)36-29(20-24-14-8-5-9-15-24)31(38)35-27-21-30(32(39)41-4)37(22-27)23-28(25-16-10-6-11-17-25)26-18-12-7-13-19-26/h5-19,27-30H,20-23H2,1-4H3,(H,35,38)(H,36,40)/t27-,29-,30-/m0/s1. The van der Waals surface area contributed by atoms with E-state index in [-0.39, 0.29) is 23.8 Å². The van der Waals surface area contributed by atoms with E-state index in [1.54, 1.807) is 20.8 Å². The second kappa shape index (κ2) is 14.1. The molecule has 0 aliphatic carbocycles. The van der Waals surface area contributed by atoms with Crippen LogP contribution in [0.1, 0.15) is 49.8 Å². The van der Waals surface area contributed by atoms with Crippen molar-refractivity contribution in [3.63, 3.8) is 0 Å². The van der Waals surface area contributed by atoms with Crippen LogP contribution in [0.5, 0.6) is 0 Å². The lowest BCUT2D eigenvalue weighted by Gasteiger charge is -2.28. The Balaban J connectivity index is 1.52. The van der Waals surface area contributed by atoms with Crippen molar-refractivity contribution in [1.82, 2.24) is 15.5 Å². The summed E-state index contributed by atoms with van der Waals surface area (Å²) in [6.07, 6.45) is 0.0409. The Morgan fingerprint density at radius 3 is 1.95 bits per heavy atom. The molecule has 42 heavy (non-hydrogen) atoms. The fourth-order valence-corrected chi connectivity index (χ4v) is 5.41. The summed E-state index contributed by atoms with van der Waals surface area (Å²) in [6, 6.07) is 28.2. The van der Waals surface area contributed by atoms with E-state index in [1.165, 1.54) is 7.11 Å². The topological polar surface area (TPSA) is 97.0 Å². The highest BCUT2D eigenvalue weighted by Crippen LogP contribution is 2.29. The predicted octanol–water partition coefficient (Wildman–Crippen LogP) is 4.69. The molecule has 2 N–H and O–H groups in total. The van der Waals surface area contributed by atoms with Gasteiger partial charge in [0.25, 0.3) is 0 Å². The van der Waals surface area contributed by atoms with Crippen molar-refractivity contribution < 1.29 is 23.9 Å². The van der Waals surface area contributed by atoms with Gasteiger partial charge in [-0.15, -0.1) is 0 Å². The maximum atomic E-state index is 13.6. The van der Waals surface area contributed by atoms with Crippen molar-refractivity contribution >= 4 is 18.0 Å². The first-order valence-electron chi connectivity index (χ1n) is 14.4. The number of methoxy groups -OCH3 is 1. The minimum absolute atomic E-state index is 0.0219. The Morgan fingerprint density at radius 2 is 1.43 bits per heavy atom. The van der Waals surface area contributed by atoms with Gasteiger partial charge < -0.3 is 20.1 Å². The van der Waals surface area contributed by atoms with Crippen molar-refractivity contribution in [2.24, 2.45) is 0 Å². The van der Waals surface area contributed by atoms with Gasteiger partial charge in [-0.1, -0.05) is 91.0 Å². The number of benzene rings is 3. The Kier molecular flexibility index (Phi) is 10.4. The van der Waals surface area contributed by atoms with E-state index in [2.05, 4.69) is 39.8 Å². The third-order valence-corrected chi connectivity index (χ3v) is 7.33. The molecule has 0 radical (unpaired) electrons. The molecule has 3 aromatic carbocycles. The number of nitrogens with zero attached hydrogens (tertiary/aromatic N) is 1. The number of rotatable bonds is 10. The summed E-state index contributed by atoms with van der Waals surface area (Å²) in [5.41, 5.74) is 2.49. The molecule has 3 atom stereocenters. The van der Waals surface area contributed by atoms with Crippen molar-refractivity contribution in [2.45, 2.75) is 63.3 Å². The lowest BCUT2D eigenvalue weighted by Crippen LogP contribution is -2.52. The molecule has 0 saturated carbocycles. The van der Waals surface area contributed by atoms with Crippen LogP contribution in [0.15, 0.2) is 91.0 Å². The van der Waals surface area contributed by atoms with Crippen molar-refractivity contribution in [1.29, 1.82) is 0 Å². The summed E-state index contributed by atoms with van der Waals surface area (Å²) < 4.78 is 10.6. The van der Waals surface area contributed by atoms with E-state index in [0.717, 1.165) is 16.7 Å². The number of alkyl carbamates (subject to hydrolysis) is 1. The van der Waals surface area contributed by atoms with Gasteiger partial charge in [0.05, 0.1) is 7.11 Å². The Bertz CT molecular complexity index is 1270. The zero-order valence-corrected chi connectivity index (χ0v) is 24.8. The minimum Gasteiger partial charge on any atom is -0.468 e. The molecule has 0 aromatic heterocycles. The Morgan fingerprint density at radius 1 is 0.881 bits per heavy atom. The zero-order chi connectivity index (χ0) is 30.1. The minimum atomic E-state index is -0.853. The maximum Gasteiger partial charge on any atom is 0.408 e. The first-order valence-corrected chi connectivity index (χ1v) is 14.4. The molecule has 1 heterocycles. The number of likely N-dealkylation sites (tertiary alicyclic amines) is 1. The second-order valence-electron chi connectivity index (χ2n) is 11.7. The summed E-state index contributed by atoms with van der Waals surface area (Å²) in [5.74, 6) is -0.643. The number of hydrogen-bond donors (Lipinski definition) is 2. The van der Waals surface area contributed by atoms with E-state index in [4.69, 9.17) is 9.47 Å². The Labute approximate surface area is 248 Å². The fourth-order valence-electron chi connectivity index (χ4n) is 5.41. The number of hydrogen-bond acceptors (Lipinski definition) is 6. The van der Waals surface area contributed by atoms with Crippen LogP contribution in [-0.4, -0.2) is 66.8 Å². The van der Waals surface area contributed by atoms with Gasteiger partial charge in [-0.3, -0.25) is 14.5 Å². The van der Waals surface area contributed by atoms with E-state index in [0.29, 0.717) is 25.9 Å². The molecular formula is C34H41N3O5. The average molecular weight is 572 g/mol. The first-order chi connectivity index (χ1) is 20.1. The van der Waals surface area contributed by atoms with Crippen molar-refractivity contribution in [2.75, 3.05) is 20.2 Å². The van der Waals surface area contributed by atoms with Gasteiger partial charge in [-0.2, -0.15) is 0 Å². The summed E-state index contributed by atoms with van der Waals surface area (Å²) in [7, 11) is 1.39. The molecule has 4 rings (SSSR count). The summed E-state index contributed by atoms with van der Waals surface area (Å²) in [4.78, 5) is 41.3. The molecule has 8 nitrogen and oxygen atoms in total. The number of amides is 2. The van der Waals surface area contributed by atoms with E-state index in [1.807, 2.05) is 66.7 Å². The molecule has 0 spiro atoms. The van der Waals surface area contributed by atoms with Gasteiger partial charge in [-0.25, -0.2) is 4.79 Å². The molecule has 222 valence electrons. The van der Waals surface area contributed by atoms with Crippen LogP contribution in [-0.2, 0) is 25.5 Å². The third kappa shape index (κ3) is 8.66. The molecule has 1 aliphatic heterocycles. The summed E-state index contributed by atoms with van der Waals surface area (Å²) in [6.45, 7) is 6.36. The van der Waals surface area contributed by atoms with Gasteiger partial charge >= 0.3 is 12.1 Å². The SMILES string of the molecule is COC(=O)[C@@H]1C[C@H](NC(=O)[C@H](Cc2ccccc2)NC(=O)OC(C)(C)C)CN1CC(c1ccccc1)c1ccccc1. The smallest absolute Gasteiger partial charge is 0.408 e. The van der Waals surface area contributed by atoms with Gasteiger partial charge in [0.15, 0.2) is 0 Å². The lowest BCUT2D eigenvalue weighted by atomic mass is 9.90. The van der Waals surface area contributed by atoms with Gasteiger partial charge in [0.2, 0.25) is 5.91 Å². The number of ether oxygens (including phenoxy) is 2. The third-order valence-electron chi connectivity index (χ3n) is 7.33. The normalized spacial score (nSPS) is 17.8. The van der Waals surface area contributed by atoms with E-state index < -0.39 is 23.8 Å². The van der Waals surface area contributed by atoms with E-state index >= 15 is 0 Å². The molecule has 0 bridgehead atoms. The van der Waals surface area contributed by atoms with Gasteiger partial charge in [0.1, 0.15) is 17.7 Å². The molecule has 8 heteroatoms. The summed E-state index contributed by atoms with van der Waals surface area (Å²) >= 11 is 0. The highest BCUT2D eigenvalue weighted by molar-refractivity contribution is 5.86. The van der Waals surface area contributed by atoms with Crippen LogP contribution < -0.4 is 10.6 Å². The van der Waals surface area contributed by atoms with Crippen LogP contribution in [0.3, 0.4) is 0 Å². The highest BCUT2D eigenvalue weighted by atomic mass is 16.6. The van der Waals surface area contributed by atoms with Crippen LogP contribution >= 0.6 is 0 Å². The van der Waals surface area contributed by atoms with Crippen molar-refractivity contribution in [3.05, 3.63) is 108 Å². The molecule has 1 aliphatic rings. The molecule has 0 unspecified atom stereocenters. The number of nitrogens with one attached hydrogen (secondary N) is 2. The largest absolute Gasteiger partial charge is 0.468 e. The van der Waals surface area contributed by atoms with Gasteiger partial charge in [0, 0.05) is 31.5 Å². The zero-order valence-electron chi connectivity index (χ0n) is 24.8. The highest BCUT2D eigenvalue weighted by Gasteiger charge is 2.40. The quantitative estimate of drug-likeness (QED) is 0.343. The predicted molar refractivity (Wildman–Crippen MR) is 162 cm³/mol. The summed E-state index contributed by atoms with van der Waals surface area (Å²) in [5, 5.41) is 5.85. The fraction of sp³-hybridized carbons (Fsp3) is 0.382. The van der Waals surface area contributed by atoms with Gasteiger partial charge in [-0.05, 0) is 43.9 Å². The lowest BCUT2D eigenvalue weighted by molar-refractivity contribution is -0.145. The second-order valence-corrected chi connectivity index (χ2v) is 11.7. The monoisotopic (exact) mass is 571 g/mol. The van der Waals surface area contributed by atoms with Crippen LogP contribution in [0, 0.1) is 0 Å². The van der Waals surface area contributed by atoms with Crippen LogP contribution in [0.25, 0.3) is 0 Å². The van der Waals surface area contributed by atoms with E-state index in [9.17, 15) is 14.4 Å². The molecular weight excluding hydrogens is 530 g/mol. The van der Waals surface area contributed by atoms with Crippen LogP contribution in [0.2, 0.25) is 0 Å². The molecule has 3 aromatic rings. The molecule has 1 saturated heterocycles. The van der Waals surface area contributed by atoms with Crippen molar-refractivity contribution in [3.8, 4) is 0 Å². The Hall–Kier alpha value is -4.17. The molecule has 1 fully saturated rings. The number of esters is 1. The van der Waals surface area contributed by atoms with Crippen LogP contribution in [0.4, 0.5) is 4.79 Å². The first kappa shape index (κ1) is 30.8. The number of carbonyl (C=O) groups is 3. The molecule has 2 amide bonds. The number of carbonyl (C=O) groups excluding carboxylic acids is 3. The maximum absolute atomic E-state index is 13.6. The average Bonchev–Trinajstić information content (AvgIpc) is 3.37.